The quantitative estimate of drug-likeness (QED) is 0.838. The van der Waals surface area contributed by atoms with Crippen molar-refractivity contribution in [2.45, 2.75) is 13.5 Å². The average Bonchev–Trinajstić information content (AvgIpc) is 2.32. The third kappa shape index (κ3) is 3.35. The van der Waals surface area contributed by atoms with Crippen LogP contribution in [-0.4, -0.2) is 4.98 Å². The monoisotopic (exact) mass is 266 g/mol. The Labute approximate surface area is 111 Å². The second-order valence-electron chi connectivity index (χ2n) is 3.83. The van der Waals surface area contributed by atoms with Crippen LogP contribution in [0.3, 0.4) is 0 Å². The molecule has 2 aromatic rings. The van der Waals surface area contributed by atoms with Gasteiger partial charge in [0.2, 0.25) is 0 Å². The van der Waals surface area contributed by atoms with Gasteiger partial charge in [0.1, 0.15) is 0 Å². The molecule has 88 valence electrons. The fraction of sp³-hybridized carbons (Fsp3) is 0.154. The summed E-state index contributed by atoms with van der Waals surface area (Å²) in [5.41, 5.74) is 3.07. The van der Waals surface area contributed by atoms with Gasteiger partial charge in [-0.05, 0) is 36.2 Å². The van der Waals surface area contributed by atoms with E-state index in [9.17, 15) is 0 Å². The molecule has 1 aromatic heterocycles. The number of anilines is 1. The highest BCUT2D eigenvalue weighted by molar-refractivity contribution is 6.32. The second-order valence-corrected chi connectivity index (χ2v) is 4.63. The minimum atomic E-state index is 0.490. The predicted molar refractivity (Wildman–Crippen MR) is 72.8 cm³/mol. The summed E-state index contributed by atoms with van der Waals surface area (Å²) < 4.78 is 0. The molecule has 0 amide bonds. The Bertz CT molecular complexity index is 509. The summed E-state index contributed by atoms with van der Waals surface area (Å²) in [6, 6.07) is 9.67. The van der Waals surface area contributed by atoms with Crippen molar-refractivity contribution >= 4 is 28.9 Å². The number of aryl methyl sites for hydroxylation is 1. The first kappa shape index (κ1) is 12.2. The normalized spacial score (nSPS) is 10.3. The van der Waals surface area contributed by atoms with Crippen molar-refractivity contribution in [2.24, 2.45) is 0 Å². The summed E-state index contributed by atoms with van der Waals surface area (Å²) in [6.07, 6.45) is 1.75. The molecule has 0 atom stereocenters. The summed E-state index contributed by atoms with van der Waals surface area (Å²) in [6.45, 7) is 2.68. The lowest BCUT2D eigenvalue weighted by atomic mass is 10.2. The number of hydrogen-bond donors (Lipinski definition) is 1. The zero-order valence-corrected chi connectivity index (χ0v) is 10.9. The molecule has 1 aromatic carbocycles. The van der Waals surface area contributed by atoms with E-state index >= 15 is 0 Å². The molecule has 4 heteroatoms. The van der Waals surface area contributed by atoms with Crippen LogP contribution in [0.5, 0.6) is 0 Å². The smallest absolute Gasteiger partial charge is 0.152 e. The Balaban J connectivity index is 2.07. The van der Waals surface area contributed by atoms with Crippen LogP contribution >= 0.6 is 23.2 Å². The summed E-state index contributed by atoms with van der Waals surface area (Å²) >= 11 is 11.8. The van der Waals surface area contributed by atoms with Gasteiger partial charge in [0.25, 0.3) is 0 Å². The third-order valence-corrected chi connectivity index (χ3v) is 2.93. The van der Waals surface area contributed by atoms with Gasteiger partial charge >= 0.3 is 0 Å². The molecular weight excluding hydrogens is 255 g/mol. The summed E-state index contributed by atoms with van der Waals surface area (Å²) in [7, 11) is 0. The molecule has 0 aliphatic rings. The first-order chi connectivity index (χ1) is 8.15. The second kappa shape index (κ2) is 5.39. The Hall–Kier alpha value is -1.25. The van der Waals surface area contributed by atoms with Gasteiger partial charge in [0, 0.05) is 17.8 Å². The van der Waals surface area contributed by atoms with Gasteiger partial charge in [-0.3, -0.25) is 0 Å². The van der Waals surface area contributed by atoms with Crippen LogP contribution in [-0.2, 0) is 6.54 Å². The molecule has 2 nitrogen and oxygen atoms in total. The Kier molecular flexibility index (Phi) is 3.87. The number of pyridine rings is 1. The van der Waals surface area contributed by atoms with Gasteiger partial charge in [-0.15, -0.1) is 0 Å². The van der Waals surface area contributed by atoms with Gasteiger partial charge in [-0.25, -0.2) is 4.98 Å². The van der Waals surface area contributed by atoms with E-state index in [0.717, 1.165) is 21.8 Å². The molecule has 1 N–H and O–H groups in total. The molecule has 0 bridgehead atoms. The minimum Gasteiger partial charge on any atom is -0.378 e. The molecule has 0 spiro atoms. The van der Waals surface area contributed by atoms with E-state index in [-0.39, 0.29) is 0 Å². The van der Waals surface area contributed by atoms with E-state index in [1.54, 1.807) is 6.20 Å². The molecular formula is C13H12Cl2N2. The van der Waals surface area contributed by atoms with Crippen molar-refractivity contribution in [1.82, 2.24) is 4.98 Å². The minimum absolute atomic E-state index is 0.490. The van der Waals surface area contributed by atoms with Crippen LogP contribution in [0.2, 0.25) is 10.2 Å². The molecule has 0 saturated heterocycles. The lowest BCUT2D eigenvalue weighted by Crippen LogP contribution is -2.00. The van der Waals surface area contributed by atoms with Crippen LogP contribution < -0.4 is 5.32 Å². The van der Waals surface area contributed by atoms with Gasteiger partial charge < -0.3 is 5.32 Å². The zero-order chi connectivity index (χ0) is 12.3. The maximum atomic E-state index is 5.99. The standard InChI is InChI=1S/C13H12Cl2N2/c1-9-6-12(13(15)17-7-9)16-8-10-2-4-11(14)5-3-10/h2-7,16H,8H2,1H3. The van der Waals surface area contributed by atoms with Crippen molar-refractivity contribution in [1.29, 1.82) is 0 Å². The van der Waals surface area contributed by atoms with E-state index in [1.165, 1.54) is 0 Å². The first-order valence-corrected chi connectivity index (χ1v) is 6.01. The van der Waals surface area contributed by atoms with Crippen molar-refractivity contribution in [3.8, 4) is 0 Å². The average molecular weight is 267 g/mol. The number of benzene rings is 1. The molecule has 0 aliphatic heterocycles. The van der Waals surface area contributed by atoms with Crippen LogP contribution in [0.15, 0.2) is 36.5 Å². The van der Waals surface area contributed by atoms with Crippen molar-refractivity contribution in [3.63, 3.8) is 0 Å². The fourth-order valence-electron chi connectivity index (χ4n) is 1.48. The first-order valence-electron chi connectivity index (χ1n) is 5.25. The van der Waals surface area contributed by atoms with Crippen LogP contribution in [0, 0.1) is 6.92 Å². The zero-order valence-electron chi connectivity index (χ0n) is 9.37. The maximum Gasteiger partial charge on any atom is 0.152 e. The molecule has 2 rings (SSSR count). The van der Waals surface area contributed by atoms with Crippen molar-refractivity contribution in [3.05, 3.63) is 57.8 Å². The Morgan fingerprint density at radius 1 is 1.18 bits per heavy atom. The van der Waals surface area contributed by atoms with Gasteiger partial charge in [-0.2, -0.15) is 0 Å². The van der Waals surface area contributed by atoms with Gasteiger partial charge in [0.15, 0.2) is 5.15 Å². The molecule has 0 fully saturated rings. The number of halogens is 2. The van der Waals surface area contributed by atoms with Crippen molar-refractivity contribution in [2.75, 3.05) is 5.32 Å². The van der Waals surface area contributed by atoms with E-state index in [4.69, 9.17) is 23.2 Å². The van der Waals surface area contributed by atoms with E-state index in [1.807, 2.05) is 37.3 Å². The third-order valence-electron chi connectivity index (χ3n) is 2.37. The lowest BCUT2D eigenvalue weighted by Gasteiger charge is -2.08. The number of aromatic nitrogens is 1. The highest BCUT2D eigenvalue weighted by atomic mass is 35.5. The van der Waals surface area contributed by atoms with Crippen LogP contribution in [0.4, 0.5) is 5.69 Å². The largest absolute Gasteiger partial charge is 0.378 e. The highest BCUT2D eigenvalue weighted by Gasteiger charge is 2.01. The number of rotatable bonds is 3. The van der Waals surface area contributed by atoms with Gasteiger partial charge in [-0.1, -0.05) is 35.3 Å². The van der Waals surface area contributed by atoms with E-state index < -0.39 is 0 Å². The topological polar surface area (TPSA) is 24.9 Å². The summed E-state index contributed by atoms with van der Waals surface area (Å²) in [4.78, 5) is 4.09. The molecule has 17 heavy (non-hydrogen) atoms. The van der Waals surface area contributed by atoms with Crippen molar-refractivity contribution < 1.29 is 0 Å². The Morgan fingerprint density at radius 2 is 1.88 bits per heavy atom. The number of nitrogens with zero attached hydrogens (tertiary/aromatic N) is 1. The summed E-state index contributed by atoms with van der Waals surface area (Å²) in [5, 5.41) is 4.48. The molecule has 0 radical (unpaired) electrons. The highest BCUT2D eigenvalue weighted by Crippen LogP contribution is 2.20. The SMILES string of the molecule is Cc1cnc(Cl)c(NCc2ccc(Cl)cc2)c1. The number of nitrogens with one attached hydrogen (secondary N) is 1. The molecule has 0 aliphatic carbocycles. The fourth-order valence-corrected chi connectivity index (χ4v) is 1.77. The van der Waals surface area contributed by atoms with Gasteiger partial charge in [0.05, 0.1) is 5.69 Å². The maximum absolute atomic E-state index is 5.99. The van der Waals surface area contributed by atoms with E-state index in [0.29, 0.717) is 11.7 Å². The Morgan fingerprint density at radius 3 is 2.59 bits per heavy atom. The lowest BCUT2D eigenvalue weighted by molar-refractivity contribution is 1.13. The molecule has 1 heterocycles. The van der Waals surface area contributed by atoms with Crippen LogP contribution in [0.25, 0.3) is 0 Å². The summed E-state index contributed by atoms with van der Waals surface area (Å²) in [5.74, 6) is 0. The predicted octanol–water partition coefficient (Wildman–Crippen LogP) is 4.31. The number of hydrogen-bond acceptors (Lipinski definition) is 2. The molecule has 0 saturated carbocycles. The van der Waals surface area contributed by atoms with E-state index in [2.05, 4.69) is 10.3 Å². The molecule has 0 unspecified atom stereocenters. The van der Waals surface area contributed by atoms with Crippen LogP contribution in [0.1, 0.15) is 11.1 Å².